The van der Waals surface area contributed by atoms with Crippen LogP contribution in [0.25, 0.3) is 11.1 Å². The summed E-state index contributed by atoms with van der Waals surface area (Å²) in [6.07, 6.45) is 0. The smallest absolute Gasteiger partial charge is 0.420 e. The number of ether oxygens (including phenoxy) is 1. The highest BCUT2D eigenvalue weighted by atomic mass is 16.5. The molecule has 6 nitrogen and oxygen atoms in total. The van der Waals surface area contributed by atoms with Gasteiger partial charge < -0.3 is 14.5 Å². The summed E-state index contributed by atoms with van der Waals surface area (Å²) in [5, 5.41) is 2.83. The predicted molar refractivity (Wildman–Crippen MR) is 90.0 cm³/mol. The van der Waals surface area contributed by atoms with Gasteiger partial charge in [-0.2, -0.15) is 0 Å². The second kappa shape index (κ2) is 6.62. The van der Waals surface area contributed by atoms with Crippen molar-refractivity contribution in [2.75, 3.05) is 7.11 Å². The zero-order valence-corrected chi connectivity index (χ0v) is 13.5. The fourth-order valence-corrected chi connectivity index (χ4v) is 2.59. The zero-order chi connectivity index (χ0) is 17.1. The highest BCUT2D eigenvalue weighted by Crippen LogP contribution is 2.17. The number of para-hydroxylation sites is 2. The number of hydrogen-bond donors (Lipinski definition) is 1. The Hall–Kier alpha value is -3.02. The van der Waals surface area contributed by atoms with Gasteiger partial charge in [-0.15, -0.1) is 0 Å². The van der Waals surface area contributed by atoms with Gasteiger partial charge in [0.05, 0.1) is 12.6 Å². The first-order valence-corrected chi connectivity index (χ1v) is 7.61. The van der Waals surface area contributed by atoms with E-state index in [-0.39, 0.29) is 5.91 Å². The van der Waals surface area contributed by atoms with Crippen molar-refractivity contribution >= 4 is 17.0 Å². The van der Waals surface area contributed by atoms with Crippen LogP contribution in [0, 0.1) is 0 Å². The van der Waals surface area contributed by atoms with Gasteiger partial charge in [0.25, 0.3) is 0 Å². The van der Waals surface area contributed by atoms with E-state index in [4.69, 9.17) is 9.15 Å². The summed E-state index contributed by atoms with van der Waals surface area (Å²) < 4.78 is 11.7. The van der Waals surface area contributed by atoms with Crippen molar-refractivity contribution in [3.8, 4) is 5.75 Å². The number of aromatic nitrogens is 1. The van der Waals surface area contributed by atoms with Gasteiger partial charge in [-0.1, -0.05) is 24.3 Å². The average Bonchev–Trinajstić information content (AvgIpc) is 2.94. The Morgan fingerprint density at radius 2 is 2.04 bits per heavy atom. The first-order chi connectivity index (χ1) is 11.6. The lowest BCUT2D eigenvalue weighted by atomic mass is 10.2. The van der Waals surface area contributed by atoms with Crippen molar-refractivity contribution in [2.45, 2.75) is 19.5 Å². The topological polar surface area (TPSA) is 73.5 Å². The number of methoxy groups -OCH3 is 1. The number of carbonyl (C=O) groups excluding carboxylic acids is 1. The van der Waals surface area contributed by atoms with E-state index in [9.17, 15) is 9.59 Å². The summed E-state index contributed by atoms with van der Waals surface area (Å²) in [5.41, 5.74) is 1.99. The molecule has 124 valence electrons. The third kappa shape index (κ3) is 3.03. The van der Waals surface area contributed by atoms with Crippen LogP contribution in [0.15, 0.2) is 57.7 Å². The fraction of sp³-hybridized carbons (Fsp3) is 0.222. The SMILES string of the molecule is COc1cccc(CNC(=O)C(C)n2c(=O)oc3ccccc32)c1. The minimum absolute atomic E-state index is 0.258. The molecule has 3 rings (SSSR count). The minimum atomic E-state index is -0.674. The molecule has 3 aromatic rings. The standard InChI is InChI=1S/C18H18N2O4/c1-12(20-15-8-3-4-9-16(15)24-18(20)22)17(21)19-11-13-6-5-7-14(10-13)23-2/h3-10,12H,11H2,1-2H3,(H,19,21). The first kappa shape index (κ1) is 15.9. The number of carbonyl (C=O) groups is 1. The molecule has 0 spiro atoms. The molecule has 0 radical (unpaired) electrons. The summed E-state index contributed by atoms with van der Waals surface area (Å²) in [4.78, 5) is 24.5. The molecule has 1 unspecified atom stereocenters. The largest absolute Gasteiger partial charge is 0.497 e. The lowest BCUT2D eigenvalue weighted by Crippen LogP contribution is -2.34. The molecule has 2 aromatic carbocycles. The Bertz CT molecular complexity index is 926. The average molecular weight is 326 g/mol. The lowest BCUT2D eigenvalue weighted by molar-refractivity contribution is -0.124. The van der Waals surface area contributed by atoms with Gasteiger partial charge in [-0.3, -0.25) is 9.36 Å². The second-order valence-corrected chi connectivity index (χ2v) is 5.45. The van der Waals surface area contributed by atoms with Crippen LogP contribution in [-0.4, -0.2) is 17.6 Å². The zero-order valence-electron chi connectivity index (χ0n) is 13.5. The highest BCUT2D eigenvalue weighted by molar-refractivity contribution is 5.82. The Balaban J connectivity index is 1.77. The molecular weight excluding hydrogens is 308 g/mol. The Morgan fingerprint density at radius 3 is 2.83 bits per heavy atom. The van der Waals surface area contributed by atoms with Crippen LogP contribution in [0.3, 0.4) is 0 Å². The molecule has 0 saturated carbocycles. The van der Waals surface area contributed by atoms with Gasteiger partial charge in [0.1, 0.15) is 11.8 Å². The number of rotatable bonds is 5. The molecule has 0 bridgehead atoms. The Morgan fingerprint density at radius 1 is 1.25 bits per heavy atom. The van der Waals surface area contributed by atoms with Crippen LogP contribution < -0.4 is 15.8 Å². The third-order valence-electron chi connectivity index (χ3n) is 3.89. The van der Waals surface area contributed by atoms with Crippen molar-refractivity contribution in [2.24, 2.45) is 0 Å². The molecule has 1 amide bonds. The summed E-state index contributed by atoms with van der Waals surface area (Å²) in [5.74, 6) is -0.0708. The summed E-state index contributed by atoms with van der Waals surface area (Å²) in [7, 11) is 1.59. The summed E-state index contributed by atoms with van der Waals surface area (Å²) >= 11 is 0. The number of hydrogen-bond acceptors (Lipinski definition) is 4. The number of oxazole rings is 1. The van der Waals surface area contributed by atoms with Crippen LogP contribution in [0.4, 0.5) is 0 Å². The number of nitrogens with zero attached hydrogens (tertiary/aromatic N) is 1. The number of amides is 1. The van der Waals surface area contributed by atoms with E-state index in [1.807, 2.05) is 24.3 Å². The molecule has 1 N–H and O–H groups in total. The van der Waals surface area contributed by atoms with Crippen molar-refractivity contribution in [3.05, 3.63) is 64.6 Å². The van der Waals surface area contributed by atoms with E-state index < -0.39 is 11.8 Å². The predicted octanol–water partition coefficient (Wildman–Crippen LogP) is 2.48. The molecule has 0 saturated heterocycles. The van der Waals surface area contributed by atoms with E-state index in [1.54, 1.807) is 38.3 Å². The molecule has 0 aliphatic rings. The maximum Gasteiger partial charge on any atom is 0.420 e. The fourth-order valence-electron chi connectivity index (χ4n) is 2.59. The van der Waals surface area contributed by atoms with Crippen molar-refractivity contribution < 1.29 is 13.9 Å². The number of nitrogens with one attached hydrogen (secondary N) is 1. The van der Waals surface area contributed by atoms with Crippen LogP contribution in [0.5, 0.6) is 5.75 Å². The lowest BCUT2D eigenvalue weighted by Gasteiger charge is -2.13. The van der Waals surface area contributed by atoms with E-state index in [0.717, 1.165) is 11.3 Å². The van der Waals surface area contributed by atoms with Gasteiger partial charge in [0, 0.05) is 6.54 Å². The van der Waals surface area contributed by atoms with Gasteiger partial charge in [0.2, 0.25) is 5.91 Å². The van der Waals surface area contributed by atoms with Gasteiger partial charge in [-0.25, -0.2) is 4.79 Å². The van der Waals surface area contributed by atoms with Crippen LogP contribution >= 0.6 is 0 Å². The normalized spacial score (nSPS) is 12.1. The van der Waals surface area contributed by atoms with Crippen molar-refractivity contribution in [1.29, 1.82) is 0 Å². The Labute approximate surface area is 138 Å². The van der Waals surface area contributed by atoms with E-state index in [0.29, 0.717) is 17.6 Å². The monoisotopic (exact) mass is 326 g/mol. The molecule has 24 heavy (non-hydrogen) atoms. The van der Waals surface area contributed by atoms with Gasteiger partial charge in [-0.05, 0) is 36.8 Å². The van der Waals surface area contributed by atoms with E-state index >= 15 is 0 Å². The summed E-state index contributed by atoms with van der Waals surface area (Å²) in [6, 6.07) is 13.8. The maximum absolute atomic E-state index is 12.4. The van der Waals surface area contributed by atoms with Crippen molar-refractivity contribution in [1.82, 2.24) is 9.88 Å². The van der Waals surface area contributed by atoms with Crippen molar-refractivity contribution in [3.63, 3.8) is 0 Å². The molecule has 0 aliphatic carbocycles. The molecule has 6 heteroatoms. The summed E-state index contributed by atoms with van der Waals surface area (Å²) in [6.45, 7) is 2.02. The maximum atomic E-state index is 12.4. The molecule has 0 aliphatic heterocycles. The number of benzene rings is 2. The molecule has 1 atom stereocenters. The number of fused-ring (bicyclic) bond motifs is 1. The second-order valence-electron chi connectivity index (χ2n) is 5.45. The third-order valence-corrected chi connectivity index (χ3v) is 3.89. The Kier molecular flexibility index (Phi) is 4.37. The minimum Gasteiger partial charge on any atom is -0.497 e. The highest BCUT2D eigenvalue weighted by Gasteiger charge is 2.20. The van der Waals surface area contributed by atoms with Crippen LogP contribution in [-0.2, 0) is 11.3 Å². The quantitative estimate of drug-likeness (QED) is 0.782. The molecule has 0 fully saturated rings. The first-order valence-electron chi connectivity index (χ1n) is 7.61. The molecule has 1 heterocycles. The van der Waals surface area contributed by atoms with E-state index in [1.165, 1.54) is 4.57 Å². The molecular formula is C18H18N2O4. The van der Waals surface area contributed by atoms with Crippen LogP contribution in [0.2, 0.25) is 0 Å². The van der Waals surface area contributed by atoms with Gasteiger partial charge >= 0.3 is 5.76 Å². The van der Waals surface area contributed by atoms with Crippen LogP contribution in [0.1, 0.15) is 18.5 Å². The van der Waals surface area contributed by atoms with E-state index in [2.05, 4.69) is 5.32 Å². The van der Waals surface area contributed by atoms with Gasteiger partial charge in [0.15, 0.2) is 5.58 Å². The molecule has 1 aromatic heterocycles.